The number of H-pyrrole nitrogens is 1. The Labute approximate surface area is 103 Å². The number of nitrogen functional groups attached to an aromatic ring is 1. The molecular formula is C12H12N6. The number of pyridine rings is 2. The van der Waals surface area contributed by atoms with E-state index in [-0.39, 0.29) is 0 Å². The molecule has 3 aromatic heterocycles. The van der Waals surface area contributed by atoms with E-state index in [4.69, 9.17) is 5.73 Å². The van der Waals surface area contributed by atoms with Gasteiger partial charge < -0.3 is 11.1 Å². The fraction of sp³-hybridized carbons (Fsp3) is 0.0833. The van der Waals surface area contributed by atoms with Crippen molar-refractivity contribution in [1.29, 1.82) is 0 Å². The smallest absolute Gasteiger partial charge is 0.153 e. The Hall–Kier alpha value is -2.63. The minimum atomic E-state index is 0.454. The molecule has 18 heavy (non-hydrogen) atoms. The van der Waals surface area contributed by atoms with Crippen molar-refractivity contribution in [3.8, 4) is 0 Å². The third kappa shape index (κ3) is 1.84. The summed E-state index contributed by atoms with van der Waals surface area (Å²) in [5.74, 6) is 1.79. The van der Waals surface area contributed by atoms with Gasteiger partial charge in [-0.1, -0.05) is 0 Å². The van der Waals surface area contributed by atoms with Crippen LogP contribution in [0.3, 0.4) is 0 Å². The molecule has 0 aliphatic rings. The van der Waals surface area contributed by atoms with Crippen molar-refractivity contribution in [2.24, 2.45) is 0 Å². The summed E-state index contributed by atoms with van der Waals surface area (Å²) in [7, 11) is 0. The number of aromatic amines is 1. The Bertz CT molecular complexity index is 703. The number of hydrogen-bond donors (Lipinski definition) is 3. The van der Waals surface area contributed by atoms with Crippen LogP contribution in [0.2, 0.25) is 0 Å². The summed E-state index contributed by atoms with van der Waals surface area (Å²) in [6, 6.07) is 7.47. The molecule has 0 fully saturated rings. The fourth-order valence-electron chi connectivity index (χ4n) is 1.78. The highest BCUT2D eigenvalue weighted by atomic mass is 15.2. The van der Waals surface area contributed by atoms with E-state index in [1.807, 2.05) is 31.2 Å². The van der Waals surface area contributed by atoms with Gasteiger partial charge in [0.25, 0.3) is 0 Å². The predicted molar refractivity (Wildman–Crippen MR) is 70.6 cm³/mol. The van der Waals surface area contributed by atoms with Crippen molar-refractivity contribution in [1.82, 2.24) is 20.2 Å². The van der Waals surface area contributed by atoms with Crippen LogP contribution in [-0.4, -0.2) is 20.2 Å². The largest absolute Gasteiger partial charge is 0.383 e. The molecule has 6 nitrogen and oxygen atoms in total. The molecule has 0 radical (unpaired) electrons. The van der Waals surface area contributed by atoms with Crippen LogP contribution in [0.1, 0.15) is 5.69 Å². The third-order valence-electron chi connectivity index (χ3n) is 2.59. The zero-order chi connectivity index (χ0) is 12.5. The number of nitrogens with one attached hydrogen (secondary N) is 2. The fourth-order valence-corrected chi connectivity index (χ4v) is 1.78. The van der Waals surface area contributed by atoms with Crippen LogP contribution in [0.25, 0.3) is 10.9 Å². The predicted octanol–water partition coefficient (Wildman–Crippen LogP) is 1.99. The number of hydrogen-bond acceptors (Lipinski definition) is 5. The molecule has 0 atom stereocenters. The van der Waals surface area contributed by atoms with Gasteiger partial charge >= 0.3 is 0 Å². The quantitative estimate of drug-likeness (QED) is 0.637. The zero-order valence-electron chi connectivity index (χ0n) is 9.81. The van der Waals surface area contributed by atoms with Gasteiger partial charge in [-0.15, -0.1) is 0 Å². The van der Waals surface area contributed by atoms with Crippen LogP contribution < -0.4 is 11.1 Å². The Morgan fingerprint density at radius 2 is 2.17 bits per heavy atom. The molecule has 4 N–H and O–H groups in total. The summed E-state index contributed by atoms with van der Waals surface area (Å²) in [5, 5.41) is 10.9. The number of aryl methyl sites for hydroxylation is 1. The first-order valence-corrected chi connectivity index (χ1v) is 5.52. The number of aromatic nitrogens is 4. The van der Waals surface area contributed by atoms with E-state index in [0.717, 1.165) is 16.6 Å². The zero-order valence-corrected chi connectivity index (χ0v) is 9.81. The van der Waals surface area contributed by atoms with E-state index in [9.17, 15) is 0 Å². The molecule has 0 amide bonds. The van der Waals surface area contributed by atoms with E-state index in [1.54, 1.807) is 6.20 Å². The Kier molecular flexibility index (Phi) is 2.33. The monoisotopic (exact) mass is 240 g/mol. The second kappa shape index (κ2) is 3.99. The number of anilines is 3. The van der Waals surface area contributed by atoms with Crippen LogP contribution in [0.4, 0.5) is 17.5 Å². The van der Waals surface area contributed by atoms with E-state index in [2.05, 4.69) is 25.5 Å². The topological polar surface area (TPSA) is 92.5 Å². The average molecular weight is 240 g/mol. The molecule has 3 aromatic rings. The van der Waals surface area contributed by atoms with Gasteiger partial charge in [0.05, 0.1) is 5.52 Å². The lowest BCUT2D eigenvalue weighted by Crippen LogP contribution is -1.99. The average Bonchev–Trinajstić information content (AvgIpc) is 2.75. The van der Waals surface area contributed by atoms with Crippen molar-refractivity contribution in [2.75, 3.05) is 11.1 Å². The Morgan fingerprint density at radius 3 is 2.94 bits per heavy atom. The first-order valence-electron chi connectivity index (χ1n) is 5.52. The molecule has 0 aliphatic heterocycles. The van der Waals surface area contributed by atoms with Crippen molar-refractivity contribution >= 4 is 28.4 Å². The van der Waals surface area contributed by atoms with E-state index >= 15 is 0 Å². The Balaban J connectivity index is 2.02. The van der Waals surface area contributed by atoms with Crippen molar-refractivity contribution in [3.63, 3.8) is 0 Å². The number of nitrogens with zero attached hydrogens (tertiary/aromatic N) is 3. The maximum atomic E-state index is 5.90. The summed E-state index contributed by atoms with van der Waals surface area (Å²) >= 11 is 0. The number of fused-ring (bicyclic) bond motifs is 1. The molecule has 90 valence electrons. The summed E-state index contributed by atoms with van der Waals surface area (Å²) in [6.45, 7) is 1.93. The van der Waals surface area contributed by atoms with Gasteiger partial charge in [0.1, 0.15) is 11.6 Å². The summed E-state index contributed by atoms with van der Waals surface area (Å²) < 4.78 is 0. The molecule has 0 saturated carbocycles. The van der Waals surface area contributed by atoms with Crippen LogP contribution in [-0.2, 0) is 0 Å². The van der Waals surface area contributed by atoms with Gasteiger partial charge in [0.2, 0.25) is 0 Å². The highest BCUT2D eigenvalue weighted by molar-refractivity contribution is 5.90. The highest BCUT2D eigenvalue weighted by Gasteiger charge is 2.05. The van der Waals surface area contributed by atoms with Gasteiger partial charge in [-0.3, -0.25) is 10.1 Å². The van der Waals surface area contributed by atoms with Gasteiger partial charge in [0.15, 0.2) is 5.82 Å². The van der Waals surface area contributed by atoms with Crippen LogP contribution in [0, 0.1) is 6.92 Å². The minimum absolute atomic E-state index is 0.454. The Morgan fingerprint density at radius 1 is 1.28 bits per heavy atom. The molecule has 0 unspecified atom stereocenters. The third-order valence-corrected chi connectivity index (χ3v) is 2.59. The van der Waals surface area contributed by atoms with Gasteiger partial charge in [0, 0.05) is 29.4 Å². The van der Waals surface area contributed by atoms with Crippen molar-refractivity contribution < 1.29 is 0 Å². The van der Waals surface area contributed by atoms with Gasteiger partial charge in [-0.25, -0.2) is 4.98 Å². The lowest BCUT2D eigenvalue weighted by atomic mass is 10.2. The molecule has 3 rings (SSSR count). The van der Waals surface area contributed by atoms with Crippen LogP contribution in [0.15, 0.2) is 30.5 Å². The molecule has 0 bridgehead atoms. The lowest BCUT2D eigenvalue weighted by molar-refractivity contribution is 1.05. The summed E-state index contributed by atoms with van der Waals surface area (Å²) in [5.41, 5.74) is 7.68. The first-order chi connectivity index (χ1) is 8.72. The standard InChI is InChI=1S/C12H12N6/c1-7-5-11(18-17-7)15-10-6-9-8(12(13)16-10)3-2-4-14-9/h2-6H,1H3,(H4,13,15,16,17,18). The second-order valence-electron chi connectivity index (χ2n) is 4.02. The van der Waals surface area contributed by atoms with E-state index in [0.29, 0.717) is 17.5 Å². The number of nitrogens with two attached hydrogens (primary N) is 1. The lowest BCUT2D eigenvalue weighted by Gasteiger charge is -2.05. The molecule has 6 heteroatoms. The van der Waals surface area contributed by atoms with Crippen LogP contribution in [0.5, 0.6) is 0 Å². The van der Waals surface area contributed by atoms with Crippen molar-refractivity contribution in [3.05, 3.63) is 36.2 Å². The van der Waals surface area contributed by atoms with Crippen molar-refractivity contribution in [2.45, 2.75) is 6.92 Å². The normalized spacial score (nSPS) is 10.7. The minimum Gasteiger partial charge on any atom is -0.383 e. The molecule has 0 aromatic carbocycles. The highest BCUT2D eigenvalue weighted by Crippen LogP contribution is 2.22. The number of rotatable bonds is 2. The summed E-state index contributed by atoms with van der Waals surface area (Å²) in [4.78, 5) is 8.54. The van der Waals surface area contributed by atoms with Gasteiger partial charge in [-0.05, 0) is 19.1 Å². The molecule has 0 spiro atoms. The van der Waals surface area contributed by atoms with E-state index in [1.165, 1.54) is 0 Å². The maximum Gasteiger partial charge on any atom is 0.153 e. The SMILES string of the molecule is Cc1cc(Nc2cc3ncccc3c(N)n2)n[nH]1. The molecular weight excluding hydrogens is 228 g/mol. The van der Waals surface area contributed by atoms with Gasteiger partial charge in [-0.2, -0.15) is 5.10 Å². The molecule has 0 aliphatic carbocycles. The summed E-state index contributed by atoms with van der Waals surface area (Å²) in [6.07, 6.45) is 1.73. The molecule has 0 saturated heterocycles. The first kappa shape index (κ1) is 10.5. The maximum absolute atomic E-state index is 5.90. The van der Waals surface area contributed by atoms with E-state index < -0.39 is 0 Å². The van der Waals surface area contributed by atoms with Crippen LogP contribution >= 0.6 is 0 Å². The molecule has 3 heterocycles. The second-order valence-corrected chi connectivity index (χ2v) is 4.02.